The molecule has 0 spiro atoms. The first-order valence-electron chi connectivity index (χ1n) is 7.94. The highest BCUT2D eigenvalue weighted by Gasteiger charge is 2.17. The number of carbonyl (C=O) groups excluding carboxylic acids is 2. The maximum absolute atomic E-state index is 13.4. The Kier molecular flexibility index (Phi) is 8.32. The Bertz CT molecular complexity index is 545. The highest BCUT2D eigenvalue weighted by atomic mass is 19.1. The number of benzene rings is 1. The first-order valence-corrected chi connectivity index (χ1v) is 7.94. The van der Waals surface area contributed by atoms with Gasteiger partial charge in [0, 0.05) is 19.7 Å². The molecule has 1 unspecified atom stereocenters. The van der Waals surface area contributed by atoms with Gasteiger partial charge in [-0.05, 0) is 31.4 Å². The quantitative estimate of drug-likeness (QED) is 0.677. The highest BCUT2D eigenvalue weighted by Crippen LogP contribution is 2.11. The van der Waals surface area contributed by atoms with Gasteiger partial charge in [0.1, 0.15) is 23.3 Å². The molecule has 134 valence electrons. The van der Waals surface area contributed by atoms with E-state index in [1.807, 2.05) is 0 Å². The van der Waals surface area contributed by atoms with Crippen LogP contribution >= 0.6 is 0 Å². The molecule has 0 bridgehead atoms. The second kappa shape index (κ2) is 9.97. The van der Waals surface area contributed by atoms with Gasteiger partial charge in [0.05, 0.1) is 0 Å². The Labute approximate surface area is 140 Å². The molecule has 0 aliphatic heterocycles. The van der Waals surface area contributed by atoms with E-state index in [-0.39, 0.29) is 19.0 Å². The lowest BCUT2D eigenvalue weighted by Gasteiger charge is -2.14. The Hall–Kier alpha value is -2.02. The van der Waals surface area contributed by atoms with Crippen molar-refractivity contribution in [2.75, 3.05) is 19.7 Å². The van der Waals surface area contributed by atoms with Crippen molar-refractivity contribution < 1.29 is 23.1 Å². The lowest BCUT2D eigenvalue weighted by molar-refractivity contribution is -0.131. The summed E-state index contributed by atoms with van der Waals surface area (Å²) in [5.74, 6) is -2.52. The van der Waals surface area contributed by atoms with Crippen LogP contribution in [0.5, 0.6) is 0 Å². The van der Waals surface area contributed by atoms with Crippen LogP contribution in [-0.2, 0) is 9.53 Å². The smallest absolute Gasteiger partial charge is 0.257 e. The molecule has 0 aliphatic rings. The predicted octanol–water partition coefficient (Wildman–Crippen LogP) is 2.26. The first kappa shape index (κ1) is 20.0. The minimum absolute atomic E-state index is 0.0526. The van der Waals surface area contributed by atoms with Crippen LogP contribution in [0.15, 0.2) is 18.2 Å². The van der Waals surface area contributed by atoms with Crippen molar-refractivity contribution in [2.24, 2.45) is 5.92 Å². The number of hydrogen-bond acceptors (Lipinski definition) is 3. The molecule has 5 nitrogen and oxygen atoms in total. The minimum Gasteiger partial charge on any atom is -0.369 e. The maximum Gasteiger partial charge on any atom is 0.257 e. The largest absolute Gasteiger partial charge is 0.369 e. The van der Waals surface area contributed by atoms with Crippen molar-refractivity contribution in [2.45, 2.75) is 33.3 Å². The van der Waals surface area contributed by atoms with E-state index in [4.69, 9.17) is 4.74 Å². The van der Waals surface area contributed by atoms with E-state index in [1.165, 1.54) is 6.07 Å². The summed E-state index contributed by atoms with van der Waals surface area (Å²) in [5.41, 5.74) is -0.630. The van der Waals surface area contributed by atoms with E-state index >= 15 is 0 Å². The highest BCUT2D eigenvalue weighted by molar-refractivity contribution is 5.94. The zero-order chi connectivity index (χ0) is 18.1. The molecule has 2 N–H and O–H groups in total. The van der Waals surface area contributed by atoms with Gasteiger partial charge < -0.3 is 15.4 Å². The molecular weight excluding hydrogens is 318 g/mol. The SMILES string of the molecule is CC(C)CCOC(C)C(=O)NCCNC(=O)c1c(F)cccc1F. The van der Waals surface area contributed by atoms with Crippen LogP contribution in [0.4, 0.5) is 8.78 Å². The van der Waals surface area contributed by atoms with Gasteiger partial charge in [-0.2, -0.15) is 0 Å². The van der Waals surface area contributed by atoms with Gasteiger partial charge in [0.15, 0.2) is 0 Å². The third-order valence-electron chi connectivity index (χ3n) is 3.33. The molecule has 2 amide bonds. The van der Waals surface area contributed by atoms with Gasteiger partial charge in [-0.3, -0.25) is 9.59 Å². The summed E-state index contributed by atoms with van der Waals surface area (Å²) < 4.78 is 32.3. The van der Waals surface area contributed by atoms with E-state index in [2.05, 4.69) is 24.5 Å². The molecule has 24 heavy (non-hydrogen) atoms. The van der Waals surface area contributed by atoms with Crippen LogP contribution in [0.2, 0.25) is 0 Å². The van der Waals surface area contributed by atoms with E-state index in [1.54, 1.807) is 6.92 Å². The number of carbonyl (C=O) groups is 2. The average molecular weight is 342 g/mol. The van der Waals surface area contributed by atoms with E-state index < -0.39 is 29.2 Å². The lowest BCUT2D eigenvalue weighted by Crippen LogP contribution is -2.40. The van der Waals surface area contributed by atoms with E-state index in [9.17, 15) is 18.4 Å². The van der Waals surface area contributed by atoms with Gasteiger partial charge in [0.2, 0.25) is 5.91 Å². The van der Waals surface area contributed by atoms with Gasteiger partial charge >= 0.3 is 0 Å². The van der Waals surface area contributed by atoms with Crippen LogP contribution in [0.25, 0.3) is 0 Å². The van der Waals surface area contributed by atoms with Crippen LogP contribution in [0.3, 0.4) is 0 Å². The predicted molar refractivity (Wildman–Crippen MR) is 86.6 cm³/mol. The fraction of sp³-hybridized carbons (Fsp3) is 0.529. The summed E-state index contributed by atoms with van der Waals surface area (Å²) in [4.78, 5) is 23.5. The molecule has 1 aromatic rings. The zero-order valence-corrected chi connectivity index (χ0v) is 14.2. The molecule has 0 heterocycles. The fourth-order valence-electron chi connectivity index (χ4n) is 1.86. The molecule has 0 fully saturated rings. The van der Waals surface area contributed by atoms with Gasteiger partial charge in [-0.1, -0.05) is 19.9 Å². The van der Waals surface area contributed by atoms with Crippen LogP contribution in [-0.4, -0.2) is 37.6 Å². The molecule has 0 radical (unpaired) electrons. The third kappa shape index (κ3) is 6.62. The van der Waals surface area contributed by atoms with Crippen molar-refractivity contribution in [1.82, 2.24) is 10.6 Å². The van der Waals surface area contributed by atoms with Gasteiger partial charge in [-0.15, -0.1) is 0 Å². The van der Waals surface area contributed by atoms with Crippen molar-refractivity contribution in [3.63, 3.8) is 0 Å². The molecule has 1 aromatic carbocycles. The van der Waals surface area contributed by atoms with Crippen molar-refractivity contribution >= 4 is 11.8 Å². The number of amides is 2. The Morgan fingerprint density at radius 1 is 1.08 bits per heavy atom. The number of halogens is 2. The molecule has 0 saturated heterocycles. The summed E-state index contributed by atoms with van der Waals surface area (Å²) in [5, 5.41) is 4.95. The molecule has 1 rings (SSSR count). The molecule has 7 heteroatoms. The van der Waals surface area contributed by atoms with Gasteiger partial charge in [0.25, 0.3) is 5.91 Å². The molecular formula is C17H24F2N2O3. The van der Waals surface area contributed by atoms with Crippen LogP contribution in [0, 0.1) is 17.6 Å². The second-order valence-corrected chi connectivity index (χ2v) is 5.84. The fourth-order valence-corrected chi connectivity index (χ4v) is 1.86. The number of rotatable bonds is 9. The van der Waals surface area contributed by atoms with Gasteiger partial charge in [-0.25, -0.2) is 8.78 Å². The lowest BCUT2D eigenvalue weighted by atomic mass is 10.1. The summed E-state index contributed by atoms with van der Waals surface area (Å²) in [6.07, 6.45) is 0.269. The second-order valence-electron chi connectivity index (χ2n) is 5.84. The summed E-state index contributed by atoms with van der Waals surface area (Å²) in [6, 6.07) is 3.20. The number of ether oxygens (including phenoxy) is 1. The number of nitrogens with one attached hydrogen (secondary N) is 2. The Balaban J connectivity index is 2.30. The average Bonchev–Trinajstić information content (AvgIpc) is 2.50. The normalized spacial score (nSPS) is 12.1. The van der Waals surface area contributed by atoms with E-state index in [0.717, 1.165) is 18.6 Å². The Morgan fingerprint density at radius 2 is 1.67 bits per heavy atom. The monoisotopic (exact) mass is 342 g/mol. The van der Waals surface area contributed by atoms with Crippen LogP contribution in [0.1, 0.15) is 37.6 Å². The molecule has 0 saturated carbocycles. The summed E-state index contributed by atoms with van der Waals surface area (Å²) >= 11 is 0. The number of hydrogen-bond donors (Lipinski definition) is 2. The summed E-state index contributed by atoms with van der Waals surface area (Å²) in [7, 11) is 0. The standard InChI is InChI=1S/C17H24F2N2O3/c1-11(2)7-10-24-12(3)16(22)20-8-9-21-17(23)15-13(18)5-4-6-14(15)19/h4-6,11-12H,7-10H2,1-3H3,(H,20,22)(H,21,23). The van der Waals surface area contributed by atoms with E-state index in [0.29, 0.717) is 12.5 Å². The Morgan fingerprint density at radius 3 is 2.25 bits per heavy atom. The minimum atomic E-state index is -0.927. The maximum atomic E-state index is 13.4. The third-order valence-corrected chi connectivity index (χ3v) is 3.33. The van der Waals surface area contributed by atoms with Crippen molar-refractivity contribution in [3.05, 3.63) is 35.4 Å². The molecule has 0 aromatic heterocycles. The zero-order valence-electron chi connectivity index (χ0n) is 14.2. The summed E-state index contributed by atoms with van der Waals surface area (Å²) in [6.45, 7) is 6.46. The molecule has 1 atom stereocenters. The van der Waals surface area contributed by atoms with Crippen LogP contribution < -0.4 is 10.6 Å². The molecule has 0 aliphatic carbocycles. The first-order chi connectivity index (χ1) is 11.3. The van der Waals surface area contributed by atoms with Crippen molar-refractivity contribution in [1.29, 1.82) is 0 Å². The topological polar surface area (TPSA) is 67.4 Å². The van der Waals surface area contributed by atoms with Crippen molar-refractivity contribution in [3.8, 4) is 0 Å².